The van der Waals surface area contributed by atoms with Gasteiger partial charge in [0.25, 0.3) is 0 Å². The fourth-order valence-corrected chi connectivity index (χ4v) is 3.25. The molecule has 0 spiro atoms. The molecule has 1 aromatic rings. The Bertz CT molecular complexity index is 547. The van der Waals surface area contributed by atoms with Crippen LogP contribution in [-0.4, -0.2) is 49.9 Å². The van der Waals surface area contributed by atoms with Crippen molar-refractivity contribution >= 4 is 11.6 Å². The molecule has 5 nitrogen and oxygen atoms in total. The monoisotopic (exact) mass is 318 g/mol. The third kappa shape index (κ3) is 4.31. The highest BCUT2D eigenvalue weighted by Gasteiger charge is 2.30. The fraction of sp³-hybridized carbons (Fsp3) is 0.611. The van der Waals surface area contributed by atoms with Crippen molar-refractivity contribution in [3.63, 3.8) is 0 Å². The highest BCUT2D eigenvalue weighted by atomic mass is 16.7. The van der Waals surface area contributed by atoms with Gasteiger partial charge >= 0.3 is 0 Å². The van der Waals surface area contributed by atoms with Crippen molar-refractivity contribution in [3.8, 4) is 0 Å². The maximum Gasteiger partial charge on any atom is 0.238 e. The molecule has 0 aromatic heterocycles. The molecule has 3 rings (SSSR count). The van der Waals surface area contributed by atoms with Crippen molar-refractivity contribution < 1.29 is 14.3 Å². The lowest BCUT2D eigenvalue weighted by Crippen LogP contribution is -2.41. The molecule has 5 heteroatoms. The van der Waals surface area contributed by atoms with Crippen LogP contribution in [0, 0.1) is 19.8 Å². The van der Waals surface area contributed by atoms with Gasteiger partial charge in [-0.25, -0.2) is 0 Å². The number of likely N-dealkylation sites (tertiary alicyclic amines) is 1. The Morgan fingerprint density at radius 1 is 1.17 bits per heavy atom. The van der Waals surface area contributed by atoms with E-state index in [9.17, 15) is 4.79 Å². The average molecular weight is 318 g/mol. The molecular formula is C18H26N2O3. The molecular weight excluding hydrogens is 292 g/mol. The molecule has 2 fully saturated rings. The van der Waals surface area contributed by atoms with Gasteiger partial charge in [-0.1, -0.05) is 6.07 Å². The number of ether oxygens (including phenoxy) is 2. The molecule has 0 bridgehead atoms. The highest BCUT2D eigenvalue weighted by molar-refractivity contribution is 5.92. The summed E-state index contributed by atoms with van der Waals surface area (Å²) in [7, 11) is 0. The number of rotatable bonds is 4. The normalized spacial score (nSPS) is 20.8. The largest absolute Gasteiger partial charge is 0.350 e. The van der Waals surface area contributed by atoms with Crippen LogP contribution in [0.5, 0.6) is 0 Å². The molecule has 2 aliphatic rings. The van der Waals surface area contributed by atoms with Crippen molar-refractivity contribution in [3.05, 3.63) is 29.3 Å². The van der Waals surface area contributed by atoms with Gasteiger partial charge in [-0.2, -0.15) is 0 Å². The summed E-state index contributed by atoms with van der Waals surface area (Å²) in [4.78, 5) is 14.4. The van der Waals surface area contributed by atoms with Gasteiger partial charge in [-0.05, 0) is 63.0 Å². The van der Waals surface area contributed by atoms with E-state index in [1.54, 1.807) is 0 Å². The van der Waals surface area contributed by atoms with Crippen LogP contribution in [0.1, 0.15) is 24.0 Å². The zero-order valence-electron chi connectivity index (χ0n) is 14.0. The van der Waals surface area contributed by atoms with E-state index < -0.39 is 0 Å². The summed E-state index contributed by atoms with van der Waals surface area (Å²) in [6.45, 7) is 7.85. The van der Waals surface area contributed by atoms with Crippen molar-refractivity contribution in [2.75, 3.05) is 38.2 Å². The Kier molecular flexibility index (Phi) is 5.30. The fourth-order valence-electron chi connectivity index (χ4n) is 3.25. The van der Waals surface area contributed by atoms with Crippen LogP contribution >= 0.6 is 0 Å². The number of anilines is 1. The Hall–Kier alpha value is -1.43. The predicted octanol–water partition coefficient (Wildman–Crippen LogP) is 2.33. The van der Waals surface area contributed by atoms with E-state index in [1.165, 1.54) is 11.1 Å². The van der Waals surface area contributed by atoms with E-state index in [0.717, 1.165) is 31.6 Å². The van der Waals surface area contributed by atoms with Gasteiger partial charge in [0.15, 0.2) is 6.29 Å². The number of amides is 1. The topological polar surface area (TPSA) is 50.8 Å². The van der Waals surface area contributed by atoms with E-state index in [0.29, 0.717) is 25.7 Å². The van der Waals surface area contributed by atoms with Crippen LogP contribution in [0.3, 0.4) is 0 Å². The first kappa shape index (κ1) is 16.4. The zero-order chi connectivity index (χ0) is 16.2. The lowest BCUT2D eigenvalue weighted by Gasteiger charge is -2.33. The van der Waals surface area contributed by atoms with Gasteiger partial charge in [0.1, 0.15) is 0 Å². The molecule has 2 heterocycles. The quantitative estimate of drug-likeness (QED) is 0.926. The van der Waals surface area contributed by atoms with Crippen LogP contribution < -0.4 is 5.32 Å². The van der Waals surface area contributed by atoms with Crippen LogP contribution in [0.15, 0.2) is 18.2 Å². The molecule has 0 saturated carbocycles. The van der Waals surface area contributed by atoms with Crippen LogP contribution in [0.2, 0.25) is 0 Å². The minimum absolute atomic E-state index is 0.0264. The smallest absolute Gasteiger partial charge is 0.238 e. The number of benzene rings is 1. The van der Waals surface area contributed by atoms with E-state index in [-0.39, 0.29) is 12.2 Å². The minimum Gasteiger partial charge on any atom is -0.350 e. The zero-order valence-corrected chi connectivity index (χ0v) is 14.0. The number of carbonyl (C=O) groups is 1. The summed E-state index contributed by atoms with van der Waals surface area (Å²) in [6.07, 6.45) is 2.03. The molecule has 1 aromatic carbocycles. The third-order valence-corrected chi connectivity index (χ3v) is 4.82. The van der Waals surface area contributed by atoms with Crippen molar-refractivity contribution in [2.24, 2.45) is 5.92 Å². The summed E-state index contributed by atoms with van der Waals surface area (Å²) >= 11 is 0. The molecule has 0 unspecified atom stereocenters. The first-order valence-electron chi connectivity index (χ1n) is 8.44. The lowest BCUT2D eigenvalue weighted by atomic mass is 9.96. The lowest BCUT2D eigenvalue weighted by molar-refractivity contribution is -0.119. The summed E-state index contributed by atoms with van der Waals surface area (Å²) in [5.41, 5.74) is 3.31. The maximum atomic E-state index is 12.2. The predicted molar refractivity (Wildman–Crippen MR) is 89.4 cm³/mol. The van der Waals surface area contributed by atoms with Crippen molar-refractivity contribution in [2.45, 2.75) is 33.0 Å². The molecule has 2 aliphatic heterocycles. The number of nitrogens with zero attached hydrogens (tertiary/aromatic N) is 1. The molecule has 0 radical (unpaired) electrons. The molecule has 23 heavy (non-hydrogen) atoms. The van der Waals surface area contributed by atoms with Crippen LogP contribution in [0.4, 0.5) is 5.69 Å². The van der Waals surface area contributed by atoms with Gasteiger partial charge in [0.2, 0.25) is 5.91 Å². The summed E-state index contributed by atoms with van der Waals surface area (Å²) in [5.74, 6) is 0.525. The molecule has 126 valence electrons. The second-order valence-electron chi connectivity index (χ2n) is 6.57. The van der Waals surface area contributed by atoms with E-state index in [4.69, 9.17) is 9.47 Å². The molecule has 1 N–H and O–H groups in total. The Morgan fingerprint density at radius 2 is 1.87 bits per heavy atom. The van der Waals surface area contributed by atoms with Gasteiger partial charge in [0, 0.05) is 11.6 Å². The Morgan fingerprint density at radius 3 is 2.52 bits per heavy atom. The average Bonchev–Trinajstić information content (AvgIpc) is 3.06. The van der Waals surface area contributed by atoms with Gasteiger partial charge in [-0.15, -0.1) is 0 Å². The second kappa shape index (κ2) is 7.43. The standard InChI is InChI=1S/C18H26N2O3/c1-13-3-4-16(11-14(13)2)19-17(21)12-20-7-5-15(6-8-20)18-22-9-10-23-18/h3-4,11,15,18H,5-10,12H2,1-2H3,(H,19,21). The number of hydrogen-bond donors (Lipinski definition) is 1. The van der Waals surface area contributed by atoms with E-state index in [1.807, 2.05) is 18.2 Å². The second-order valence-corrected chi connectivity index (χ2v) is 6.57. The molecule has 2 saturated heterocycles. The number of carbonyl (C=O) groups excluding carboxylic acids is 1. The van der Waals surface area contributed by atoms with Crippen LogP contribution in [0.25, 0.3) is 0 Å². The van der Waals surface area contributed by atoms with Gasteiger partial charge in [0.05, 0.1) is 19.8 Å². The van der Waals surface area contributed by atoms with Crippen molar-refractivity contribution in [1.29, 1.82) is 0 Å². The first-order chi connectivity index (χ1) is 11.1. The summed E-state index contributed by atoms with van der Waals surface area (Å²) in [6, 6.07) is 6.02. The maximum absolute atomic E-state index is 12.2. The van der Waals surface area contributed by atoms with E-state index in [2.05, 4.69) is 24.1 Å². The van der Waals surface area contributed by atoms with Gasteiger partial charge < -0.3 is 14.8 Å². The summed E-state index contributed by atoms with van der Waals surface area (Å²) < 4.78 is 11.2. The number of piperidine rings is 1. The Labute approximate surface area is 137 Å². The highest BCUT2D eigenvalue weighted by Crippen LogP contribution is 2.25. The third-order valence-electron chi connectivity index (χ3n) is 4.82. The summed E-state index contributed by atoms with van der Waals surface area (Å²) in [5, 5.41) is 2.99. The van der Waals surface area contributed by atoms with E-state index >= 15 is 0 Å². The SMILES string of the molecule is Cc1ccc(NC(=O)CN2CCC(C3OCCO3)CC2)cc1C. The number of nitrogens with one attached hydrogen (secondary N) is 1. The molecule has 0 atom stereocenters. The number of aryl methyl sites for hydroxylation is 2. The number of hydrogen-bond acceptors (Lipinski definition) is 4. The minimum atomic E-state index is -0.0264. The first-order valence-corrected chi connectivity index (χ1v) is 8.44. The molecule has 1 amide bonds. The Balaban J connectivity index is 1.44. The van der Waals surface area contributed by atoms with Crippen molar-refractivity contribution in [1.82, 2.24) is 4.90 Å². The van der Waals surface area contributed by atoms with Gasteiger partial charge in [-0.3, -0.25) is 9.69 Å². The molecule has 0 aliphatic carbocycles. The van der Waals surface area contributed by atoms with Crippen LogP contribution in [-0.2, 0) is 14.3 Å².